The largest absolute Gasteiger partial charge is 0.476 e. The summed E-state index contributed by atoms with van der Waals surface area (Å²) in [5.74, 6) is -1.18. The van der Waals surface area contributed by atoms with Gasteiger partial charge in [0, 0.05) is 13.1 Å². The van der Waals surface area contributed by atoms with E-state index >= 15 is 0 Å². The topological polar surface area (TPSA) is 129 Å². The maximum atomic E-state index is 12.0. The van der Waals surface area contributed by atoms with Crippen LogP contribution in [0.4, 0.5) is 0 Å². The number of sulfonamides is 1. The lowest BCUT2D eigenvalue weighted by Gasteiger charge is -2.38. The first kappa shape index (κ1) is 14.4. The Bertz CT molecular complexity index is 655. The third-order valence-corrected chi connectivity index (χ3v) is 5.34. The number of rotatable bonds is 5. The lowest BCUT2D eigenvalue weighted by atomic mass is 10.2. The van der Waals surface area contributed by atoms with Gasteiger partial charge < -0.3 is 5.11 Å². The quantitative estimate of drug-likeness (QED) is 0.773. The van der Waals surface area contributed by atoms with E-state index < -0.39 is 21.2 Å². The number of nitriles is 1. The van der Waals surface area contributed by atoms with Crippen molar-refractivity contribution < 1.29 is 18.3 Å². The molecule has 0 radical (unpaired) electrons. The maximum absolute atomic E-state index is 12.0. The number of hydrogen-bond donors (Lipinski definition) is 1. The van der Waals surface area contributed by atoms with Crippen molar-refractivity contribution in [1.82, 2.24) is 19.3 Å². The Morgan fingerprint density at radius 1 is 1.65 bits per heavy atom. The SMILES string of the molecule is CCC(C#N)S(=O)(=O)N1CC(n2cc(C(=O)O)nn2)C1. The summed E-state index contributed by atoms with van der Waals surface area (Å²) in [4.78, 5) is 10.7. The highest BCUT2D eigenvalue weighted by atomic mass is 32.2. The van der Waals surface area contributed by atoms with Crippen molar-refractivity contribution in [3.63, 3.8) is 0 Å². The number of aromatic carboxylic acids is 1. The third-order valence-electron chi connectivity index (χ3n) is 3.17. The van der Waals surface area contributed by atoms with Gasteiger partial charge in [0.25, 0.3) is 0 Å². The van der Waals surface area contributed by atoms with Gasteiger partial charge in [-0.2, -0.15) is 9.57 Å². The summed E-state index contributed by atoms with van der Waals surface area (Å²) < 4.78 is 26.6. The highest BCUT2D eigenvalue weighted by molar-refractivity contribution is 7.90. The number of nitrogens with zero attached hydrogens (tertiary/aromatic N) is 5. The molecule has 1 unspecified atom stereocenters. The molecule has 0 aliphatic carbocycles. The van der Waals surface area contributed by atoms with Crippen molar-refractivity contribution in [3.05, 3.63) is 11.9 Å². The van der Waals surface area contributed by atoms with E-state index in [4.69, 9.17) is 10.4 Å². The Hall–Kier alpha value is -1.99. The van der Waals surface area contributed by atoms with Gasteiger partial charge in [0.1, 0.15) is 0 Å². The van der Waals surface area contributed by atoms with E-state index in [2.05, 4.69) is 10.3 Å². The second-order valence-electron chi connectivity index (χ2n) is 4.43. The van der Waals surface area contributed by atoms with Crippen molar-refractivity contribution in [2.75, 3.05) is 13.1 Å². The summed E-state index contributed by atoms with van der Waals surface area (Å²) in [5.41, 5.74) is -0.185. The summed E-state index contributed by atoms with van der Waals surface area (Å²) in [5, 5.41) is 23.6. The molecule has 0 spiro atoms. The van der Waals surface area contributed by atoms with Gasteiger partial charge in [0.2, 0.25) is 10.0 Å². The standard InChI is InChI=1S/C10H13N5O4S/c1-2-8(3-11)20(18,19)14-4-7(5-14)15-6-9(10(16)17)12-13-15/h6-8H,2,4-5H2,1H3,(H,16,17). The molecule has 108 valence electrons. The molecule has 10 heteroatoms. The summed E-state index contributed by atoms with van der Waals surface area (Å²) in [6, 6.07) is 1.52. The molecule has 1 atom stereocenters. The highest BCUT2D eigenvalue weighted by Gasteiger charge is 2.41. The number of carboxylic acids is 1. The van der Waals surface area contributed by atoms with Crippen molar-refractivity contribution in [2.24, 2.45) is 0 Å². The lowest BCUT2D eigenvalue weighted by molar-refractivity contribution is 0.0690. The summed E-state index contributed by atoms with van der Waals surface area (Å²) >= 11 is 0. The first-order valence-electron chi connectivity index (χ1n) is 5.93. The fourth-order valence-corrected chi connectivity index (χ4v) is 3.57. The van der Waals surface area contributed by atoms with Crippen LogP contribution in [-0.4, -0.2) is 57.1 Å². The molecule has 0 amide bonds. The fraction of sp³-hybridized carbons (Fsp3) is 0.600. The fourth-order valence-electron chi connectivity index (χ4n) is 1.89. The Labute approximate surface area is 115 Å². The second-order valence-corrected chi connectivity index (χ2v) is 6.55. The zero-order chi connectivity index (χ0) is 14.9. The average Bonchev–Trinajstić information content (AvgIpc) is 2.77. The van der Waals surface area contributed by atoms with E-state index in [0.717, 1.165) is 0 Å². The maximum Gasteiger partial charge on any atom is 0.358 e. The van der Waals surface area contributed by atoms with Crippen molar-refractivity contribution >= 4 is 16.0 Å². The van der Waals surface area contributed by atoms with Gasteiger partial charge in [-0.1, -0.05) is 12.1 Å². The van der Waals surface area contributed by atoms with Gasteiger partial charge in [0.05, 0.1) is 18.3 Å². The first-order valence-corrected chi connectivity index (χ1v) is 7.44. The van der Waals surface area contributed by atoms with Gasteiger partial charge in [-0.25, -0.2) is 17.9 Å². The molecule has 1 aromatic heterocycles. The van der Waals surface area contributed by atoms with Gasteiger partial charge in [0.15, 0.2) is 10.9 Å². The molecule has 0 saturated carbocycles. The molecule has 1 saturated heterocycles. The van der Waals surface area contributed by atoms with Gasteiger partial charge >= 0.3 is 5.97 Å². The molecular formula is C10H13N5O4S. The average molecular weight is 299 g/mol. The minimum Gasteiger partial charge on any atom is -0.476 e. The molecule has 1 aliphatic heterocycles. The van der Waals surface area contributed by atoms with Gasteiger partial charge in [-0.3, -0.25) is 0 Å². The minimum absolute atomic E-state index is 0.170. The van der Waals surface area contributed by atoms with Crippen molar-refractivity contribution in [1.29, 1.82) is 5.26 Å². The Balaban J connectivity index is 2.04. The van der Waals surface area contributed by atoms with Crippen molar-refractivity contribution in [3.8, 4) is 6.07 Å². The van der Waals surface area contributed by atoms with E-state index in [1.54, 1.807) is 13.0 Å². The molecule has 1 N–H and O–H groups in total. The molecule has 1 aliphatic rings. The van der Waals surface area contributed by atoms with Gasteiger partial charge in [-0.15, -0.1) is 5.10 Å². The van der Waals surface area contributed by atoms with Gasteiger partial charge in [-0.05, 0) is 6.42 Å². The molecule has 1 fully saturated rings. The van der Waals surface area contributed by atoms with Crippen LogP contribution in [0.15, 0.2) is 6.20 Å². The molecule has 0 aromatic carbocycles. The van der Waals surface area contributed by atoms with Crippen LogP contribution in [0.1, 0.15) is 29.9 Å². The zero-order valence-electron chi connectivity index (χ0n) is 10.7. The highest BCUT2D eigenvalue weighted by Crippen LogP contribution is 2.26. The van der Waals surface area contributed by atoms with Crippen LogP contribution in [0, 0.1) is 11.3 Å². The lowest BCUT2D eigenvalue weighted by Crippen LogP contribution is -2.53. The molecule has 1 aromatic rings. The number of aromatic nitrogens is 3. The summed E-state index contributed by atoms with van der Waals surface area (Å²) in [7, 11) is -3.62. The van der Waals surface area contributed by atoms with E-state index in [0.29, 0.717) is 0 Å². The van der Waals surface area contributed by atoms with Crippen LogP contribution in [-0.2, 0) is 10.0 Å². The van der Waals surface area contributed by atoms with E-state index in [1.165, 1.54) is 15.2 Å². The predicted molar refractivity (Wildman–Crippen MR) is 66.2 cm³/mol. The van der Waals surface area contributed by atoms with E-state index in [9.17, 15) is 13.2 Å². The molecule has 20 heavy (non-hydrogen) atoms. The Kier molecular flexibility index (Phi) is 3.74. The summed E-state index contributed by atoms with van der Waals surface area (Å²) in [6.45, 7) is 1.98. The minimum atomic E-state index is -3.62. The Morgan fingerprint density at radius 2 is 2.30 bits per heavy atom. The molecular weight excluding hydrogens is 286 g/mol. The van der Waals surface area contributed by atoms with Crippen LogP contribution < -0.4 is 0 Å². The molecule has 9 nitrogen and oxygen atoms in total. The zero-order valence-corrected chi connectivity index (χ0v) is 11.5. The van der Waals surface area contributed by atoms with Crippen LogP contribution in [0.25, 0.3) is 0 Å². The number of hydrogen-bond acceptors (Lipinski definition) is 6. The monoisotopic (exact) mass is 299 g/mol. The normalized spacial score (nSPS) is 18.2. The van der Waals surface area contributed by atoms with Crippen LogP contribution in [0.5, 0.6) is 0 Å². The van der Waals surface area contributed by atoms with Crippen molar-refractivity contribution in [2.45, 2.75) is 24.6 Å². The predicted octanol–water partition coefficient (Wildman–Crippen LogP) is -0.535. The molecule has 2 rings (SSSR count). The van der Waals surface area contributed by atoms with Crippen LogP contribution >= 0.6 is 0 Å². The molecule has 2 heterocycles. The smallest absolute Gasteiger partial charge is 0.358 e. The van der Waals surface area contributed by atoms with Crippen LogP contribution in [0.3, 0.4) is 0 Å². The first-order chi connectivity index (χ1) is 9.40. The van der Waals surface area contributed by atoms with E-state index in [-0.39, 0.29) is 31.2 Å². The third kappa shape index (κ3) is 2.37. The Morgan fingerprint density at radius 3 is 2.75 bits per heavy atom. The second kappa shape index (κ2) is 5.18. The molecule has 0 bridgehead atoms. The van der Waals surface area contributed by atoms with E-state index in [1.807, 2.05) is 0 Å². The summed E-state index contributed by atoms with van der Waals surface area (Å²) in [6.07, 6.45) is 1.49. The number of carboxylic acid groups (broad SMARTS) is 1. The van der Waals surface area contributed by atoms with Crippen LogP contribution in [0.2, 0.25) is 0 Å². The number of carbonyl (C=O) groups is 1.